The van der Waals surface area contributed by atoms with Crippen molar-refractivity contribution in [1.82, 2.24) is 10.2 Å². The number of carbonyl (C=O) groups is 2. The smallest absolute Gasteiger partial charge is 0.407 e. The first-order valence-corrected chi connectivity index (χ1v) is 9.87. The number of likely N-dealkylation sites (tertiary alicyclic amines) is 1. The van der Waals surface area contributed by atoms with Crippen LogP contribution in [0.15, 0.2) is 22.8 Å². The number of rotatable bonds is 3. The van der Waals surface area contributed by atoms with Crippen LogP contribution in [0.3, 0.4) is 0 Å². The Labute approximate surface area is 166 Å². The SMILES string of the molecule is Cc1ccc2c(CC(=O)N3CCC(NC(=O)OC(C)(C)C)CC3)coc2c1C. The number of ether oxygens (including phenoxy) is 1. The fourth-order valence-corrected chi connectivity index (χ4v) is 3.55. The second-order valence-corrected chi connectivity index (χ2v) is 8.62. The Hall–Kier alpha value is -2.50. The monoisotopic (exact) mass is 386 g/mol. The summed E-state index contributed by atoms with van der Waals surface area (Å²) in [6.45, 7) is 10.9. The zero-order valence-corrected chi connectivity index (χ0v) is 17.4. The van der Waals surface area contributed by atoms with Gasteiger partial charge in [0.05, 0.1) is 12.7 Å². The molecule has 0 saturated carbocycles. The van der Waals surface area contributed by atoms with Crippen LogP contribution in [-0.4, -0.2) is 41.6 Å². The summed E-state index contributed by atoms with van der Waals surface area (Å²) in [6, 6.07) is 4.13. The van der Waals surface area contributed by atoms with Gasteiger partial charge in [-0.3, -0.25) is 4.79 Å². The molecule has 0 unspecified atom stereocenters. The lowest BCUT2D eigenvalue weighted by atomic mass is 10.0. The van der Waals surface area contributed by atoms with Crippen molar-refractivity contribution in [2.75, 3.05) is 13.1 Å². The van der Waals surface area contributed by atoms with Crippen molar-refractivity contribution in [3.63, 3.8) is 0 Å². The van der Waals surface area contributed by atoms with Crippen molar-refractivity contribution in [3.05, 3.63) is 35.1 Å². The van der Waals surface area contributed by atoms with Gasteiger partial charge in [0.25, 0.3) is 0 Å². The van der Waals surface area contributed by atoms with Crippen molar-refractivity contribution < 1.29 is 18.7 Å². The number of carbonyl (C=O) groups excluding carboxylic acids is 2. The van der Waals surface area contributed by atoms with Gasteiger partial charge in [0.2, 0.25) is 5.91 Å². The summed E-state index contributed by atoms with van der Waals surface area (Å²) in [5.41, 5.74) is 3.58. The van der Waals surface area contributed by atoms with E-state index in [1.54, 1.807) is 6.26 Å². The number of aryl methyl sites for hydroxylation is 2. The number of furan rings is 1. The lowest BCUT2D eigenvalue weighted by molar-refractivity contribution is -0.131. The molecule has 1 fully saturated rings. The van der Waals surface area contributed by atoms with Gasteiger partial charge in [0.15, 0.2) is 0 Å². The van der Waals surface area contributed by atoms with Crippen LogP contribution in [0.2, 0.25) is 0 Å². The number of benzene rings is 1. The number of nitrogens with zero attached hydrogens (tertiary/aromatic N) is 1. The third-order valence-corrected chi connectivity index (χ3v) is 5.25. The van der Waals surface area contributed by atoms with E-state index in [2.05, 4.69) is 18.3 Å². The molecule has 0 atom stereocenters. The molecule has 6 nitrogen and oxygen atoms in total. The molecule has 0 spiro atoms. The van der Waals surface area contributed by atoms with E-state index in [0.29, 0.717) is 19.5 Å². The minimum atomic E-state index is -0.509. The number of fused-ring (bicyclic) bond motifs is 1. The molecule has 1 aliphatic rings. The predicted octanol–water partition coefficient (Wildman–Crippen LogP) is 4.11. The maximum atomic E-state index is 12.7. The van der Waals surface area contributed by atoms with E-state index in [4.69, 9.17) is 9.15 Å². The summed E-state index contributed by atoms with van der Waals surface area (Å²) in [4.78, 5) is 26.5. The number of piperidine rings is 1. The average molecular weight is 386 g/mol. The molecule has 1 saturated heterocycles. The van der Waals surface area contributed by atoms with Crippen LogP contribution in [-0.2, 0) is 16.0 Å². The van der Waals surface area contributed by atoms with E-state index in [9.17, 15) is 9.59 Å². The summed E-state index contributed by atoms with van der Waals surface area (Å²) >= 11 is 0. The summed E-state index contributed by atoms with van der Waals surface area (Å²) in [5.74, 6) is 0.0941. The Kier molecular flexibility index (Phi) is 5.68. The molecule has 3 rings (SSSR count). The minimum absolute atomic E-state index is 0.0410. The number of nitrogens with one attached hydrogen (secondary N) is 1. The zero-order chi connectivity index (χ0) is 20.5. The van der Waals surface area contributed by atoms with Crippen LogP contribution in [0.5, 0.6) is 0 Å². The molecule has 1 aromatic heterocycles. The summed E-state index contributed by atoms with van der Waals surface area (Å²) in [7, 11) is 0. The fourth-order valence-electron chi connectivity index (χ4n) is 3.55. The molecule has 1 aliphatic heterocycles. The van der Waals surface area contributed by atoms with Crippen LogP contribution in [0, 0.1) is 13.8 Å². The lowest BCUT2D eigenvalue weighted by Gasteiger charge is -2.33. The molecule has 6 heteroatoms. The van der Waals surface area contributed by atoms with E-state index in [1.165, 1.54) is 5.56 Å². The highest BCUT2D eigenvalue weighted by atomic mass is 16.6. The largest absolute Gasteiger partial charge is 0.464 e. The van der Waals surface area contributed by atoms with Gasteiger partial charge in [-0.2, -0.15) is 0 Å². The van der Waals surface area contributed by atoms with Crippen molar-refractivity contribution in [2.24, 2.45) is 0 Å². The first-order chi connectivity index (χ1) is 13.1. The van der Waals surface area contributed by atoms with E-state index in [1.807, 2.05) is 38.7 Å². The molecular weight excluding hydrogens is 356 g/mol. The number of alkyl carbamates (subject to hydrolysis) is 1. The first kappa shape index (κ1) is 20.2. The Morgan fingerprint density at radius 3 is 2.54 bits per heavy atom. The van der Waals surface area contributed by atoms with Gasteiger partial charge in [-0.1, -0.05) is 12.1 Å². The Bertz CT molecular complexity index is 871. The third-order valence-electron chi connectivity index (χ3n) is 5.25. The van der Waals surface area contributed by atoms with Crippen LogP contribution >= 0.6 is 0 Å². The van der Waals surface area contributed by atoms with Gasteiger partial charge in [-0.15, -0.1) is 0 Å². The molecule has 0 radical (unpaired) electrons. The van der Waals surface area contributed by atoms with E-state index in [0.717, 1.165) is 34.9 Å². The van der Waals surface area contributed by atoms with Crippen molar-refractivity contribution in [3.8, 4) is 0 Å². The quantitative estimate of drug-likeness (QED) is 0.862. The second kappa shape index (κ2) is 7.86. The molecule has 0 bridgehead atoms. The molecule has 2 aromatic rings. The van der Waals surface area contributed by atoms with Gasteiger partial charge >= 0.3 is 6.09 Å². The standard InChI is InChI=1S/C22H30N2O4/c1-14-6-7-18-16(13-27-20(18)15(14)2)12-19(25)24-10-8-17(9-11-24)23-21(26)28-22(3,4)5/h6-7,13,17H,8-12H2,1-5H3,(H,23,26). The van der Waals surface area contributed by atoms with E-state index < -0.39 is 11.7 Å². The molecular formula is C22H30N2O4. The van der Waals surface area contributed by atoms with Crippen LogP contribution < -0.4 is 5.32 Å². The first-order valence-electron chi connectivity index (χ1n) is 9.87. The van der Waals surface area contributed by atoms with Crippen molar-refractivity contribution >= 4 is 23.0 Å². The summed E-state index contributed by atoms with van der Waals surface area (Å²) in [6.07, 6.45) is 3.10. The normalized spacial score (nSPS) is 15.7. The Morgan fingerprint density at radius 2 is 1.89 bits per heavy atom. The highest BCUT2D eigenvalue weighted by Crippen LogP contribution is 2.27. The van der Waals surface area contributed by atoms with E-state index in [-0.39, 0.29) is 11.9 Å². The number of hydrogen-bond acceptors (Lipinski definition) is 4. The second-order valence-electron chi connectivity index (χ2n) is 8.62. The van der Waals surface area contributed by atoms with E-state index >= 15 is 0 Å². The molecule has 1 aromatic carbocycles. The average Bonchev–Trinajstić information content (AvgIpc) is 3.00. The van der Waals surface area contributed by atoms with Crippen molar-refractivity contribution in [2.45, 2.75) is 65.5 Å². The third kappa shape index (κ3) is 4.66. The van der Waals surface area contributed by atoms with Gasteiger partial charge < -0.3 is 19.4 Å². The zero-order valence-electron chi connectivity index (χ0n) is 17.4. The highest BCUT2D eigenvalue weighted by Gasteiger charge is 2.26. The molecule has 2 amide bonds. The van der Waals surface area contributed by atoms with Crippen LogP contribution in [0.1, 0.15) is 50.3 Å². The van der Waals surface area contributed by atoms with Crippen LogP contribution in [0.4, 0.5) is 4.79 Å². The highest BCUT2D eigenvalue weighted by molar-refractivity contribution is 5.89. The Balaban J connectivity index is 1.55. The van der Waals surface area contributed by atoms with Gasteiger partial charge in [-0.25, -0.2) is 4.79 Å². The van der Waals surface area contributed by atoms with Crippen molar-refractivity contribution in [1.29, 1.82) is 0 Å². The lowest BCUT2D eigenvalue weighted by Crippen LogP contribution is -2.47. The maximum Gasteiger partial charge on any atom is 0.407 e. The number of amides is 2. The van der Waals surface area contributed by atoms with Crippen LogP contribution in [0.25, 0.3) is 11.0 Å². The van der Waals surface area contributed by atoms with Gasteiger partial charge in [0.1, 0.15) is 11.2 Å². The predicted molar refractivity (Wildman–Crippen MR) is 108 cm³/mol. The molecule has 1 N–H and O–H groups in total. The molecule has 2 heterocycles. The van der Waals surface area contributed by atoms with Gasteiger partial charge in [0, 0.05) is 30.1 Å². The summed E-state index contributed by atoms with van der Waals surface area (Å²) < 4.78 is 11.0. The topological polar surface area (TPSA) is 71.8 Å². The summed E-state index contributed by atoms with van der Waals surface area (Å²) in [5, 5.41) is 3.91. The molecule has 152 valence electrons. The maximum absolute atomic E-state index is 12.7. The fraction of sp³-hybridized carbons (Fsp3) is 0.545. The minimum Gasteiger partial charge on any atom is -0.464 e. The number of hydrogen-bond donors (Lipinski definition) is 1. The van der Waals surface area contributed by atoms with Gasteiger partial charge in [-0.05, 0) is 58.6 Å². The molecule has 0 aliphatic carbocycles. The molecule has 28 heavy (non-hydrogen) atoms. The Morgan fingerprint density at radius 1 is 1.21 bits per heavy atom.